The van der Waals surface area contributed by atoms with Crippen LogP contribution < -0.4 is 5.32 Å². The van der Waals surface area contributed by atoms with E-state index < -0.39 is 11.9 Å². The lowest BCUT2D eigenvalue weighted by Gasteiger charge is -2.15. The highest BCUT2D eigenvalue weighted by atomic mass is 35.5. The maximum atomic E-state index is 13.7. The predicted molar refractivity (Wildman–Crippen MR) is 74.8 cm³/mol. The zero-order valence-electron chi connectivity index (χ0n) is 9.70. The van der Waals surface area contributed by atoms with Gasteiger partial charge in [-0.2, -0.15) is 5.26 Å². The molecule has 0 amide bonds. The highest BCUT2D eigenvalue weighted by molar-refractivity contribution is 6.33. The van der Waals surface area contributed by atoms with E-state index in [9.17, 15) is 9.65 Å². The van der Waals surface area contributed by atoms with Crippen molar-refractivity contribution in [2.24, 2.45) is 0 Å². The third kappa shape index (κ3) is 3.17. The van der Waals surface area contributed by atoms with E-state index >= 15 is 0 Å². The number of para-hydroxylation sites is 1. The van der Waals surface area contributed by atoms with Crippen molar-refractivity contribution in [1.29, 1.82) is 5.26 Å². The van der Waals surface area contributed by atoms with Crippen molar-refractivity contribution in [2.45, 2.75) is 6.04 Å². The Labute approximate surface area is 120 Å². The largest absolute Gasteiger partial charge is 0.365 e. The molecule has 0 fully saturated rings. The molecule has 1 N–H and O–H groups in total. The van der Waals surface area contributed by atoms with Crippen LogP contribution in [0.2, 0.25) is 10.0 Å². The van der Waals surface area contributed by atoms with Crippen molar-refractivity contribution in [3.05, 3.63) is 63.9 Å². The quantitative estimate of drug-likeness (QED) is 0.882. The molecule has 2 aromatic rings. The molecule has 0 aromatic heterocycles. The van der Waals surface area contributed by atoms with E-state index in [4.69, 9.17) is 23.2 Å². The molecule has 96 valence electrons. The Morgan fingerprint density at radius 2 is 1.89 bits per heavy atom. The number of halogens is 3. The van der Waals surface area contributed by atoms with Gasteiger partial charge in [0.1, 0.15) is 11.9 Å². The van der Waals surface area contributed by atoms with Crippen LogP contribution in [-0.4, -0.2) is 0 Å². The Kier molecular flexibility index (Phi) is 4.26. The number of hydrogen-bond acceptors (Lipinski definition) is 2. The second kappa shape index (κ2) is 5.92. The molecule has 1 atom stereocenters. The van der Waals surface area contributed by atoms with Crippen LogP contribution in [0, 0.1) is 17.1 Å². The van der Waals surface area contributed by atoms with Gasteiger partial charge in [0.15, 0.2) is 0 Å². The van der Waals surface area contributed by atoms with Gasteiger partial charge >= 0.3 is 0 Å². The number of rotatable bonds is 3. The average molecular weight is 295 g/mol. The minimum absolute atomic E-state index is 0.190. The molecule has 0 heterocycles. The molecule has 0 radical (unpaired) electrons. The Bertz CT molecular complexity index is 638. The summed E-state index contributed by atoms with van der Waals surface area (Å²) in [5.41, 5.74) is 0.755. The van der Waals surface area contributed by atoms with E-state index in [2.05, 4.69) is 5.32 Å². The molecule has 0 saturated carbocycles. The van der Waals surface area contributed by atoms with Crippen molar-refractivity contribution in [3.63, 3.8) is 0 Å². The van der Waals surface area contributed by atoms with Gasteiger partial charge in [-0.3, -0.25) is 0 Å². The van der Waals surface area contributed by atoms with Crippen LogP contribution in [0.3, 0.4) is 0 Å². The normalized spacial score (nSPS) is 11.7. The Morgan fingerprint density at radius 1 is 1.16 bits per heavy atom. The van der Waals surface area contributed by atoms with E-state index in [-0.39, 0.29) is 5.56 Å². The molecule has 2 aromatic carbocycles. The number of anilines is 1. The maximum absolute atomic E-state index is 13.7. The lowest BCUT2D eigenvalue weighted by Crippen LogP contribution is -2.10. The molecule has 0 spiro atoms. The number of hydrogen-bond donors (Lipinski definition) is 1. The SMILES string of the molecule is N#CC(Nc1ccccc1Cl)c1cc(Cl)ccc1F. The molecule has 0 aliphatic carbocycles. The third-order valence-corrected chi connectivity index (χ3v) is 3.14. The third-order valence-electron chi connectivity index (χ3n) is 2.57. The summed E-state index contributed by atoms with van der Waals surface area (Å²) in [7, 11) is 0. The summed E-state index contributed by atoms with van der Waals surface area (Å²) < 4.78 is 13.7. The molecule has 0 bridgehead atoms. The van der Waals surface area contributed by atoms with Crippen LogP contribution >= 0.6 is 23.2 Å². The monoisotopic (exact) mass is 294 g/mol. The van der Waals surface area contributed by atoms with Crippen LogP contribution in [0.4, 0.5) is 10.1 Å². The molecule has 1 unspecified atom stereocenters. The Morgan fingerprint density at radius 3 is 2.58 bits per heavy atom. The molecular formula is C14H9Cl2FN2. The van der Waals surface area contributed by atoms with Crippen LogP contribution in [0.25, 0.3) is 0 Å². The molecule has 5 heteroatoms. The van der Waals surface area contributed by atoms with Gasteiger partial charge in [-0.15, -0.1) is 0 Å². The lowest BCUT2D eigenvalue weighted by atomic mass is 10.1. The average Bonchev–Trinajstić information content (AvgIpc) is 2.41. The molecule has 2 rings (SSSR count). The fraction of sp³-hybridized carbons (Fsp3) is 0.0714. The van der Waals surface area contributed by atoms with E-state index in [0.29, 0.717) is 15.7 Å². The first-order chi connectivity index (χ1) is 9.11. The van der Waals surface area contributed by atoms with Crippen LogP contribution in [-0.2, 0) is 0 Å². The van der Waals surface area contributed by atoms with Crippen molar-refractivity contribution in [1.82, 2.24) is 0 Å². The summed E-state index contributed by atoms with van der Waals surface area (Å²) in [5.74, 6) is -0.490. The van der Waals surface area contributed by atoms with Crippen LogP contribution in [0.5, 0.6) is 0 Å². The Balaban J connectivity index is 2.34. The summed E-state index contributed by atoms with van der Waals surface area (Å²) in [6.07, 6.45) is 0. The van der Waals surface area contributed by atoms with E-state index in [1.54, 1.807) is 24.3 Å². The van der Waals surface area contributed by atoms with Crippen LogP contribution in [0.1, 0.15) is 11.6 Å². The first-order valence-electron chi connectivity index (χ1n) is 5.47. The molecular weight excluding hydrogens is 286 g/mol. The molecule has 0 aliphatic rings. The number of nitriles is 1. The van der Waals surface area contributed by atoms with E-state index in [1.807, 2.05) is 6.07 Å². The smallest absolute Gasteiger partial charge is 0.143 e. The zero-order valence-corrected chi connectivity index (χ0v) is 11.2. The van der Waals surface area contributed by atoms with Gasteiger partial charge in [-0.05, 0) is 30.3 Å². The van der Waals surface area contributed by atoms with Crippen molar-refractivity contribution in [3.8, 4) is 6.07 Å². The zero-order chi connectivity index (χ0) is 13.8. The van der Waals surface area contributed by atoms with Gasteiger partial charge in [0, 0.05) is 10.6 Å². The molecule has 0 aliphatic heterocycles. The molecule has 0 saturated heterocycles. The van der Waals surface area contributed by atoms with Crippen molar-refractivity contribution < 1.29 is 4.39 Å². The van der Waals surface area contributed by atoms with Crippen molar-refractivity contribution >= 4 is 28.9 Å². The lowest BCUT2D eigenvalue weighted by molar-refractivity contribution is 0.607. The summed E-state index contributed by atoms with van der Waals surface area (Å²) in [5, 5.41) is 12.9. The highest BCUT2D eigenvalue weighted by Crippen LogP contribution is 2.28. The number of nitrogens with one attached hydrogen (secondary N) is 1. The van der Waals surface area contributed by atoms with Crippen LogP contribution in [0.15, 0.2) is 42.5 Å². The van der Waals surface area contributed by atoms with Gasteiger partial charge in [-0.25, -0.2) is 4.39 Å². The van der Waals surface area contributed by atoms with Gasteiger partial charge in [-0.1, -0.05) is 35.3 Å². The summed E-state index contributed by atoms with van der Waals surface area (Å²) in [4.78, 5) is 0. The summed E-state index contributed by atoms with van der Waals surface area (Å²) in [6, 6.07) is 12.2. The summed E-state index contributed by atoms with van der Waals surface area (Å²) >= 11 is 11.8. The molecule has 2 nitrogen and oxygen atoms in total. The summed E-state index contributed by atoms with van der Waals surface area (Å²) in [6.45, 7) is 0. The minimum atomic E-state index is -0.862. The number of benzene rings is 2. The Hall–Kier alpha value is -1.76. The maximum Gasteiger partial charge on any atom is 0.143 e. The first-order valence-corrected chi connectivity index (χ1v) is 6.23. The second-order valence-corrected chi connectivity index (χ2v) is 4.70. The first kappa shape index (κ1) is 13.7. The van der Waals surface area contributed by atoms with Gasteiger partial charge in [0.2, 0.25) is 0 Å². The topological polar surface area (TPSA) is 35.8 Å². The minimum Gasteiger partial charge on any atom is -0.365 e. The van der Waals surface area contributed by atoms with Crippen molar-refractivity contribution in [2.75, 3.05) is 5.32 Å². The van der Waals surface area contributed by atoms with E-state index in [0.717, 1.165) is 0 Å². The fourth-order valence-electron chi connectivity index (χ4n) is 1.65. The van der Waals surface area contributed by atoms with Gasteiger partial charge < -0.3 is 5.32 Å². The highest BCUT2D eigenvalue weighted by Gasteiger charge is 2.16. The van der Waals surface area contributed by atoms with Gasteiger partial charge in [0.05, 0.1) is 16.8 Å². The van der Waals surface area contributed by atoms with Gasteiger partial charge in [0.25, 0.3) is 0 Å². The van der Waals surface area contributed by atoms with E-state index in [1.165, 1.54) is 18.2 Å². The fourth-order valence-corrected chi connectivity index (χ4v) is 2.02. The second-order valence-electron chi connectivity index (χ2n) is 3.85. The standard InChI is InChI=1S/C14H9Cl2FN2/c15-9-5-6-12(17)10(7-9)14(8-18)19-13-4-2-1-3-11(13)16/h1-7,14,19H. The number of nitrogens with zero attached hydrogens (tertiary/aromatic N) is 1. The predicted octanol–water partition coefficient (Wildman–Crippen LogP) is 4.81. The molecule has 19 heavy (non-hydrogen) atoms.